The summed E-state index contributed by atoms with van der Waals surface area (Å²) < 4.78 is 2.21. The minimum absolute atomic E-state index is 0.966. The van der Waals surface area contributed by atoms with Crippen molar-refractivity contribution in [1.29, 1.82) is 0 Å². The van der Waals surface area contributed by atoms with Gasteiger partial charge in [0.2, 0.25) is 0 Å². The van der Waals surface area contributed by atoms with E-state index in [0.29, 0.717) is 0 Å². The lowest BCUT2D eigenvalue weighted by Gasteiger charge is -2.11. The molecule has 1 aromatic carbocycles. The predicted octanol–water partition coefficient (Wildman–Crippen LogP) is 6.56. The van der Waals surface area contributed by atoms with Crippen LogP contribution in [0.5, 0.6) is 0 Å². The maximum atomic E-state index is 5.16. The van der Waals surface area contributed by atoms with E-state index in [1.165, 1.54) is 60.8 Å². The smallest absolute Gasteiger partial charge is 0.197 e. The normalized spacial score (nSPS) is 14.0. The number of thioether (sulfide) groups is 1. The number of fused-ring (bicyclic) bond motifs is 5. The van der Waals surface area contributed by atoms with Gasteiger partial charge in [0.05, 0.1) is 5.39 Å². The molecule has 6 heteroatoms. The zero-order chi connectivity index (χ0) is 19.6. The van der Waals surface area contributed by atoms with Gasteiger partial charge in [-0.15, -0.1) is 21.5 Å². The van der Waals surface area contributed by atoms with Crippen LogP contribution < -0.4 is 0 Å². The van der Waals surface area contributed by atoms with Crippen LogP contribution in [0.1, 0.15) is 55.9 Å². The standard InChI is InChI=1S/C23H26N4S2/c1-2-3-4-10-15-28-23-26-25-21-19-17-13-8-9-14-18(17)29-22(19)24-20(27(21)23)16-11-6-5-7-12-16/h5-7,11-12H,2-4,8-10,13-15H2,1H3. The Bertz CT molecular complexity index is 1130. The molecular weight excluding hydrogens is 396 g/mol. The Morgan fingerprint density at radius 2 is 1.90 bits per heavy atom. The molecule has 0 aliphatic heterocycles. The van der Waals surface area contributed by atoms with Crippen molar-refractivity contribution in [2.45, 2.75) is 63.4 Å². The topological polar surface area (TPSA) is 43.1 Å². The molecule has 0 unspecified atom stereocenters. The zero-order valence-corrected chi connectivity index (χ0v) is 18.5. The van der Waals surface area contributed by atoms with Crippen molar-refractivity contribution in [2.24, 2.45) is 0 Å². The van der Waals surface area contributed by atoms with Gasteiger partial charge >= 0.3 is 0 Å². The van der Waals surface area contributed by atoms with Gasteiger partial charge in [0, 0.05) is 16.2 Å². The van der Waals surface area contributed by atoms with Crippen molar-refractivity contribution in [2.75, 3.05) is 5.75 Å². The van der Waals surface area contributed by atoms with Crippen LogP contribution in [0.25, 0.3) is 27.3 Å². The van der Waals surface area contributed by atoms with Crippen molar-refractivity contribution in [3.8, 4) is 11.4 Å². The Balaban J connectivity index is 1.65. The number of benzene rings is 1. The van der Waals surface area contributed by atoms with E-state index >= 15 is 0 Å². The minimum atomic E-state index is 0.966. The number of hydrogen-bond acceptors (Lipinski definition) is 5. The van der Waals surface area contributed by atoms with Crippen LogP contribution in [0.3, 0.4) is 0 Å². The maximum absolute atomic E-state index is 5.16. The third-order valence-corrected chi connectivity index (χ3v) is 7.89. The molecule has 3 aromatic heterocycles. The molecular formula is C23H26N4S2. The van der Waals surface area contributed by atoms with E-state index in [-0.39, 0.29) is 0 Å². The number of hydrogen-bond donors (Lipinski definition) is 0. The summed E-state index contributed by atoms with van der Waals surface area (Å²) in [6.07, 6.45) is 9.94. The molecule has 0 atom stereocenters. The van der Waals surface area contributed by atoms with Gasteiger partial charge in [-0.1, -0.05) is 68.3 Å². The van der Waals surface area contributed by atoms with Crippen LogP contribution in [-0.4, -0.2) is 25.3 Å². The summed E-state index contributed by atoms with van der Waals surface area (Å²) >= 11 is 3.68. The SMILES string of the molecule is CCCCCCSc1nnc2c3c4c(sc3nc(-c3ccccc3)n12)CCCC4. The van der Waals surface area contributed by atoms with Crippen LogP contribution in [0.4, 0.5) is 0 Å². The molecule has 0 amide bonds. The molecule has 1 aliphatic rings. The monoisotopic (exact) mass is 422 g/mol. The summed E-state index contributed by atoms with van der Waals surface area (Å²) in [5, 5.41) is 11.5. The molecule has 150 valence electrons. The highest BCUT2D eigenvalue weighted by atomic mass is 32.2. The molecule has 0 saturated carbocycles. The van der Waals surface area contributed by atoms with Gasteiger partial charge in [0.1, 0.15) is 10.7 Å². The molecule has 5 rings (SSSR count). The summed E-state index contributed by atoms with van der Waals surface area (Å²) in [5.74, 6) is 2.04. The Hall–Kier alpha value is -1.92. The van der Waals surface area contributed by atoms with E-state index < -0.39 is 0 Å². The highest BCUT2D eigenvalue weighted by molar-refractivity contribution is 7.99. The van der Waals surface area contributed by atoms with Gasteiger partial charge in [-0.25, -0.2) is 4.98 Å². The number of thiophene rings is 1. The first-order chi connectivity index (χ1) is 14.4. The van der Waals surface area contributed by atoms with Crippen molar-refractivity contribution >= 4 is 39.0 Å². The fourth-order valence-corrected chi connectivity index (χ4v) is 6.38. The van der Waals surface area contributed by atoms with Gasteiger partial charge in [0.15, 0.2) is 10.8 Å². The number of unbranched alkanes of at least 4 members (excludes halogenated alkanes) is 3. The molecule has 0 spiro atoms. The molecule has 0 fully saturated rings. The van der Waals surface area contributed by atoms with Gasteiger partial charge in [-0.05, 0) is 37.7 Å². The third kappa shape index (κ3) is 3.57. The van der Waals surface area contributed by atoms with Crippen molar-refractivity contribution in [3.05, 3.63) is 40.8 Å². The number of aromatic nitrogens is 4. The second-order valence-electron chi connectivity index (χ2n) is 7.74. The number of nitrogens with zero attached hydrogens (tertiary/aromatic N) is 4. The van der Waals surface area contributed by atoms with E-state index in [4.69, 9.17) is 4.98 Å². The number of aryl methyl sites for hydroxylation is 2. The molecule has 3 heterocycles. The summed E-state index contributed by atoms with van der Waals surface area (Å²) in [4.78, 5) is 7.78. The highest BCUT2D eigenvalue weighted by Crippen LogP contribution is 2.39. The average molecular weight is 423 g/mol. The van der Waals surface area contributed by atoms with Crippen LogP contribution in [0.15, 0.2) is 35.5 Å². The summed E-state index contributed by atoms with van der Waals surface area (Å²) in [6.45, 7) is 2.25. The maximum Gasteiger partial charge on any atom is 0.197 e. The van der Waals surface area contributed by atoms with Crippen molar-refractivity contribution in [1.82, 2.24) is 19.6 Å². The van der Waals surface area contributed by atoms with Crippen LogP contribution in [0, 0.1) is 0 Å². The van der Waals surface area contributed by atoms with Crippen LogP contribution in [-0.2, 0) is 12.8 Å². The molecule has 29 heavy (non-hydrogen) atoms. The van der Waals surface area contributed by atoms with E-state index in [0.717, 1.165) is 39.2 Å². The molecule has 4 nitrogen and oxygen atoms in total. The lowest BCUT2D eigenvalue weighted by atomic mass is 9.97. The van der Waals surface area contributed by atoms with E-state index in [2.05, 4.69) is 51.9 Å². The van der Waals surface area contributed by atoms with Gasteiger partial charge in [-0.2, -0.15) is 0 Å². The number of rotatable bonds is 7. The third-order valence-electron chi connectivity index (χ3n) is 5.69. The zero-order valence-electron chi connectivity index (χ0n) is 16.9. The molecule has 0 N–H and O–H groups in total. The molecule has 4 aromatic rings. The van der Waals surface area contributed by atoms with Crippen LogP contribution in [0.2, 0.25) is 0 Å². The van der Waals surface area contributed by atoms with E-state index in [9.17, 15) is 0 Å². The Kier molecular flexibility index (Phi) is 5.55. The van der Waals surface area contributed by atoms with E-state index in [1.54, 1.807) is 0 Å². The van der Waals surface area contributed by atoms with Crippen LogP contribution >= 0.6 is 23.1 Å². The molecule has 0 bridgehead atoms. The lowest BCUT2D eigenvalue weighted by Crippen LogP contribution is -2.01. The fraction of sp³-hybridized carbons (Fsp3) is 0.435. The quantitative estimate of drug-likeness (QED) is 0.250. The first-order valence-corrected chi connectivity index (χ1v) is 12.5. The average Bonchev–Trinajstić information content (AvgIpc) is 3.34. The predicted molar refractivity (Wildman–Crippen MR) is 123 cm³/mol. The lowest BCUT2D eigenvalue weighted by molar-refractivity contribution is 0.700. The second-order valence-corrected chi connectivity index (χ2v) is 9.89. The minimum Gasteiger partial charge on any atom is -0.253 e. The second kappa shape index (κ2) is 8.44. The first kappa shape index (κ1) is 19.1. The van der Waals surface area contributed by atoms with E-state index in [1.807, 2.05) is 23.1 Å². The van der Waals surface area contributed by atoms with Gasteiger partial charge in [-0.3, -0.25) is 4.40 Å². The molecule has 0 radical (unpaired) electrons. The van der Waals surface area contributed by atoms with Gasteiger partial charge < -0.3 is 0 Å². The molecule has 0 saturated heterocycles. The Morgan fingerprint density at radius 3 is 2.76 bits per heavy atom. The largest absolute Gasteiger partial charge is 0.253 e. The van der Waals surface area contributed by atoms with Crippen molar-refractivity contribution in [3.63, 3.8) is 0 Å². The summed E-state index contributed by atoms with van der Waals surface area (Å²) in [5.41, 5.74) is 3.59. The fourth-order valence-electron chi connectivity index (χ4n) is 4.20. The highest BCUT2D eigenvalue weighted by Gasteiger charge is 2.24. The Labute approximate surface area is 179 Å². The van der Waals surface area contributed by atoms with Gasteiger partial charge in [0.25, 0.3) is 0 Å². The van der Waals surface area contributed by atoms with Crippen molar-refractivity contribution < 1.29 is 0 Å². The Morgan fingerprint density at radius 1 is 1.03 bits per heavy atom. The molecule has 1 aliphatic carbocycles. The summed E-state index contributed by atoms with van der Waals surface area (Å²) in [6, 6.07) is 10.5. The first-order valence-electron chi connectivity index (χ1n) is 10.7. The summed E-state index contributed by atoms with van der Waals surface area (Å²) in [7, 11) is 0.